The molecule has 0 aromatic heterocycles. The van der Waals surface area contributed by atoms with Crippen LogP contribution >= 0.6 is 0 Å². The summed E-state index contributed by atoms with van der Waals surface area (Å²) in [5.74, 6) is 0. The highest BCUT2D eigenvalue weighted by Crippen LogP contribution is 2.19. The summed E-state index contributed by atoms with van der Waals surface area (Å²) in [7, 11) is 1.64. The van der Waals surface area contributed by atoms with Gasteiger partial charge < -0.3 is 16.2 Å². The molecule has 62 valence electrons. The van der Waals surface area contributed by atoms with Gasteiger partial charge in [-0.3, -0.25) is 0 Å². The van der Waals surface area contributed by atoms with Gasteiger partial charge in [0.05, 0.1) is 11.4 Å². The van der Waals surface area contributed by atoms with Gasteiger partial charge in [-0.2, -0.15) is 0 Å². The molecule has 1 aliphatic carbocycles. The SMILES string of the molecule is COC1CC=C(C)C(N)=C1N. The van der Waals surface area contributed by atoms with Gasteiger partial charge in [0, 0.05) is 7.11 Å². The standard InChI is InChI=1S/C8H14N2O/c1-5-3-4-6(11-2)8(10)7(5)9/h3,6H,4,9-10H2,1-2H3. The van der Waals surface area contributed by atoms with Crippen LogP contribution in [0.4, 0.5) is 0 Å². The van der Waals surface area contributed by atoms with Crippen LogP contribution in [0.1, 0.15) is 13.3 Å². The van der Waals surface area contributed by atoms with Crippen molar-refractivity contribution < 1.29 is 4.74 Å². The Hall–Kier alpha value is -0.960. The fourth-order valence-corrected chi connectivity index (χ4v) is 1.15. The van der Waals surface area contributed by atoms with E-state index >= 15 is 0 Å². The number of nitrogens with two attached hydrogens (primary N) is 2. The second-order valence-electron chi connectivity index (χ2n) is 2.72. The van der Waals surface area contributed by atoms with Crippen LogP contribution in [0.2, 0.25) is 0 Å². The first-order chi connectivity index (χ1) is 5.16. The van der Waals surface area contributed by atoms with Crippen molar-refractivity contribution in [2.75, 3.05) is 7.11 Å². The van der Waals surface area contributed by atoms with Gasteiger partial charge in [-0.05, 0) is 18.9 Å². The van der Waals surface area contributed by atoms with Crippen molar-refractivity contribution in [1.29, 1.82) is 0 Å². The molecule has 0 amide bonds. The van der Waals surface area contributed by atoms with E-state index in [9.17, 15) is 0 Å². The summed E-state index contributed by atoms with van der Waals surface area (Å²) in [6.07, 6.45) is 2.84. The number of allylic oxidation sites excluding steroid dienone is 1. The zero-order chi connectivity index (χ0) is 8.43. The van der Waals surface area contributed by atoms with E-state index in [1.54, 1.807) is 7.11 Å². The molecule has 0 heterocycles. The second kappa shape index (κ2) is 2.96. The van der Waals surface area contributed by atoms with Gasteiger partial charge in [-0.25, -0.2) is 0 Å². The van der Waals surface area contributed by atoms with Gasteiger partial charge in [0.2, 0.25) is 0 Å². The Bertz CT molecular complexity index is 218. The predicted octanol–water partition coefficient (Wildman–Crippen LogP) is 0.480. The minimum Gasteiger partial charge on any atom is -0.398 e. The molecular formula is C8H14N2O. The Morgan fingerprint density at radius 1 is 1.55 bits per heavy atom. The average molecular weight is 154 g/mol. The second-order valence-corrected chi connectivity index (χ2v) is 2.72. The van der Waals surface area contributed by atoms with Gasteiger partial charge in [-0.15, -0.1) is 0 Å². The molecule has 11 heavy (non-hydrogen) atoms. The minimum absolute atomic E-state index is 0.0290. The molecule has 0 spiro atoms. The van der Waals surface area contributed by atoms with E-state index in [1.165, 1.54) is 0 Å². The minimum atomic E-state index is -0.0290. The van der Waals surface area contributed by atoms with Crippen LogP contribution in [0.3, 0.4) is 0 Å². The van der Waals surface area contributed by atoms with Gasteiger partial charge in [0.1, 0.15) is 6.10 Å². The zero-order valence-electron chi connectivity index (χ0n) is 6.92. The van der Waals surface area contributed by atoms with E-state index in [-0.39, 0.29) is 6.10 Å². The third-order valence-corrected chi connectivity index (χ3v) is 2.01. The molecule has 1 unspecified atom stereocenters. The summed E-state index contributed by atoms with van der Waals surface area (Å²) in [6.45, 7) is 1.95. The molecule has 0 aromatic carbocycles. The summed E-state index contributed by atoms with van der Waals surface area (Å²) >= 11 is 0. The molecule has 0 radical (unpaired) electrons. The number of hydrogen-bond acceptors (Lipinski definition) is 3. The highest BCUT2D eigenvalue weighted by atomic mass is 16.5. The number of hydrogen-bond donors (Lipinski definition) is 2. The van der Waals surface area contributed by atoms with Crippen LogP contribution < -0.4 is 11.5 Å². The van der Waals surface area contributed by atoms with E-state index in [0.717, 1.165) is 12.0 Å². The molecule has 0 aliphatic heterocycles. The topological polar surface area (TPSA) is 61.3 Å². The average Bonchev–Trinajstić information content (AvgIpc) is 2.01. The maximum absolute atomic E-state index is 5.71. The Morgan fingerprint density at radius 2 is 2.18 bits per heavy atom. The van der Waals surface area contributed by atoms with Crippen LogP contribution in [0.5, 0.6) is 0 Å². The summed E-state index contributed by atoms with van der Waals surface area (Å²) in [5.41, 5.74) is 13.8. The number of ether oxygens (including phenoxy) is 1. The maximum Gasteiger partial charge on any atom is 0.102 e. The van der Waals surface area contributed by atoms with Crippen LogP contribution in [0, 0.1) is 0 Å². The highest BCUT2D eigenvalue weighted by molar-refractivity contribution is 5.35. The lowest BCUT2D eigenvalue weighted by molar-refractivity contribution is 0.130. The third kappa shape index (κ3) is 1.38. The lowest BCUT2D eigenvalue weighted by Gasteiger charge is -2.21. The first kappa shape index (κ1) is 8.14. The Balaban J connectivity index is 2.88. The fourth-order valence-electron chi connectivity index (χ4n) is 1.15. The van der Waals surface area contributed by atoms with Crippen molar-refractivity contribution in [3.63, 3.8) is 0 Å². The normalized spacial score (nSPS) is 25.3. The van der Waals surface area contributed by atoms with Crippen LogP contribution in [0.15, 0.2) is 23.0 Å². The largest absolute Gasteiger partial charge is 0.398 e. The van der Waals surface area contributed by atoms with Crippen molar-refractivity contribution in [2.45, 2.75) is 19.4 Å². The van der Waals surface area contributed by atoms with Crippen LogP contribution in [-0.4, -0.2) is 13.2 Å². The molecule has 0 aromatic rings. The van der Waals surface area contributed by atoms with E-state index in [2.05, 4.69) is 0 Å². The molecule has 1 rings (SSSR count). The quantitative estimate of drug-likeness (QED) is 0.577. The van der Waals surface area contributed by atoms with Gasteiger partial charge in [-0.1, -0.05) is 6.08 Å². The van der Waals surface area contributed by atoms with E-state index in [0.29, 0.717) is 11.4 Å². The maximum atomic E-state index is 5.71. The van der Waals surface area contributed by atoms with Crippen molar-refractivity contribution >= 4 is 0 Å². The van der Waals surface area contributed by atoms with Gasteiger partial charge >= 0.3 is 0 Å². The first-order valence-electron chi connectivity index (χ1n) is 3.62. The summed E-state index contributed by atoms with van der Waals surface area (Å²) in [5, 5.41) is 0. The summed E-state index contributed by atoms with van der Waals surface area (Å²) in [6, 6.07) is 0. The Labute approximate surface area is 66.7 Å². The van der Waals surface area contributed by atoms with E-state index in [1.807, 2.05) is 13.0 Å². The molecule has 3 heteroatoms. The van der Waals surface area contributed by atoms with Crippen molar-refractivity contribution in [2.24, 2.45) is 11.5 Å². The van der Waals surface area contributed by atoms with Crippen molar-refractivity contribution in [1.82, 2.24) is 0 Å². The molecule has 0 saturated carbocycles. The molecule has 4 N–H and O–H groups in total. The number of methoxy groups -OCH3 is 1. The van der Waals surface area contributed by atoms with E-state index < -0.39 is 0 Å². The third-order valence-electron chi connectivity index (χ3n) is 2.01. The summed E-state index contributed by atoms with van der Waals surface area (Å²) in [4.78, 5) is 0. The zero-order valence-corrected chi connectivity index (χ0v) is 6.92. The molecule has 0 bridgehead atoms. The van der Waals surface area contributed by atoms with Crippen LogP contribution in [0.25, 0.3) is 0 Å². The van der Waals surface area contributed by atoms with Gasteiger partial charge in [0.25, 0.3) is 0 Å². The van der Waals surface area contributed by atoms with Gasteiger partial charge in [0.15, 0.2) is 0 Å². The smallest absolute Gasteiger partial charge is 0.102 e. The monoisotopic (exact) mass is 154 g/mol. The Morgan fingerprint density at radius 3 is 2.73 bits per heavy atom. The Kier molecular flexibility index (Phi) is 2.19. The first-order valence-corrected chi connectivity index (χ1v) is 3.62. The fraction of sp³-hybridized carbons (Fsp3) is 0.500. The highest BCUT2D eigenvalue weighted by Gasteiger charge is 2.17. The summed E-state index contributed by atoms with van der Waals surface area (Å²) < 4.78 is 5.11. The predicted molar refractivity (Wildman–Crippen MR) is 44.6 cm³/mol. The molecule has 1 atom stereocenters. The number of rotatable bonds is 1. The molecular weight excluding hydrogens is 140 g/mol. The van der Waals surface area contributed by atoms with Crippen molar-refractivity contribution in [3.05, 3.63) is 23.0 Å². The lowest BCUT2D eigenvalue weighted by Crippen LogP contribution is -2.27. The van der Waals surface area contributed by atoms with Crippen molar-refractivity contribution in [3.8, 4) is 0 Å². The lowest BCUT2D eigenvalue weighted by atomic mass is 10.00. The molecule has 1 aliphatic rings. The van der Waals surface area contributed by atoms with Crippen LogP contribution in [-0.2, 0) is 4.74 Å². The molecule has 0 fully saturated rings. The molecule has 0 saturated heterocycles. The molecule has 3 nitrogen and oxygen atoms in total. The van der Waals surface area contributed by atoms with E-state index in [4.69, 9.17) is 16.2 Å².